The highest BCUT2D eigenvalue weighted by molar-refractivity contribution is 7.03. The summed E-state index contributed by atoms with van der Waals surface area (Å²) in [5.41, 5.74) is 2.29. The van der Waals surface area contributed by atoms with Gasteiger partial charge in [0, 0.05) is 16.9 Å². The molecule has 0 bridgehead atoms. The van der Waals surface area contributed by atoms with Crippen LogP contribution in [0.25, 0.3) is 0 Å². The van der Waals surface area contributed by atoms with E-state index in [1.807, 2.05) is 25.1 Å². The van der Waals surface area contributed by atoms with Gasteiger partial charge in [-0.2, -0.15) is 4.37 Å². The molecule has 5 heteroatoms. The molecule has 1 amide bonds. The van der Waals surface area contributed by atoms with Crippen molar-refractivity contribution in [1.82, 2.24) is 9.69 Å². The second-order valence-electron chi connectivity index (χ2n) is 3.59. The number of nitrogens with zero attached hydrogens (tertiary/aromatic N) is 1. The number of rotatable bonds is 3. The highest BCUT2D eigenvalue weighted by Gasteiger charge is 2.10. The number of halogens is 1. The van der Waals surface area contributed by atoms with Crippen LogP contribution in [0.5, 0.6) is 0 Å². The Labute approximate surface area is 109 Å². The van der Waals surface area contributed by atoms with Gasteiger partial charge in [-0.25, -0.2) is 0 Å². The third kappa shape index (κ3) is 2.84. The monoisotopic (exact) mass is 266 g/mol. The van der Waals surface area contributed by atoms with E-state index < -0.39 is 0 Å². The minimum atomic E-state index is -0.115. The summed E-state index contributed by atoms with van der Waals surface area (Å²) in [4.78, 5) is 11.8. The Morgan fingerprint density at radius 2 is 2.24 bits per heavy atom. The first-order chi connectivity index (χ1) is 8.18. The van der Waals surface area contributed by atoms with Crippen molar-refractivity contribution in [3.8, 4) is 0 Å². The number of amides is 1. The summed E-state index contributed by atoms with van der Waals surface area (Å²) in [5, 5.41) is 5.23. The van der Waals surface area contributed by atoms with Gasteiger partial charge in [0.1, 0.15) is 0 Å². The maximum Gasteiger partial charge on any atom is 0.254 e. The van der Waals surface area contributed by atoms with Crippen LogP contribution < -0.4 is 5.32 Å². The van der Waals surface area contributed by atoms with Crippen molar-refractivity contribution in [3.05, 3.63) is 51.5 Å². The average molecular weight is 267 g/mol. The third-order valence-electron chi connectivity index (χ3n) is 2.39. The molecular weight excluding hydrogens is 256 g/mol. The van der Waals surface area contributed by atoms with Crippen LogP contribution in [0.3, 0.4) is 0 Å². The molecule has 2 aromatic rings. The fourth-order valence-electron chi connectivity index (χ4n) is 1.42. The maximum atomic E-state index is 11.8. The molecule has 0 unspecified atom stereocenters. The van der Waals surface area contributed by atoms with Crippen molar-refractivity contribution in [1.29, 1.82) is 0 Å². The molecule has 0 saturated heterocycles. The van der Waals surface area contributed by atoms with Crippen LogP contribution in [-0.2, 0) is 6.54 Å². The molecule has 1 aromatic carbocycles. The Bertz CT molecular complexity index is 539. The number of aromatic nitrogens is 1. The summed E-state index contributed by atoms with van der Waals surface area (Å²) in [6, 6.07) is 7.45. The molecule has 0 fully saturated rings. The van der Waals surface area contributed by atoms with Crippen LogP contribution in [0.15, 0.2) is 29.6 Å². The highest BCUT2D eigenvalue weighted by Crippen LogP contribution is 2.15. The molecule has 1 N–H and O–H groups in total. The van der Waals surface area contributed by atoms with E-state index in [9.17, 15) is 4.79 Å². The molecule has 0 spiro atoms. The molecule has 2 rings (SSSR count). The number of aryl methyl sites for hydroxylation is 1. The molecule has 88 valence electrons. The molecule has 1 heterocycles. The quantitative estimate of drug-likeness (QED) is 0.928. The fraction of sp³-hybridized carbons (Fsp3) is 0.167. The average Bonchev–Trinajstić information content (AvgIpc) is 2.74. The summed E-state index contributed by atoms with van der Waals surface area (Å²) in [6.45, 7) is 2.24. The molecule has 17 heavy (non-hydrogen) atoms. The van der Waals surface area contributed by atoms with Gasteiger partial charge in [0.2, 0.25) is 0 Å². The Morgan fingerprint density at radius 1 is 1.47 bits per heavy atom. The van der Waals surface area contributed by atoms with E-state index in [0.29, 0.717) is 17.1 Å². The lowest BCUT2D eigenvalue weighted by Crippen LogP contribution is -2.23. The van der Waals surface area contributed by atoms with Crippen LogP contribution in [0.2, 0.25) is 5.02 Å². The molecule has 0 aliphatic rings. The minimum Gasteiger partial charge on any atom is -0.348 e. The lowest BCUT2D eigenvalue weighted by molar-refractivity contribution is 0.0950. The summed E-state index contributed by atoms with van der Waals surface area (Å²) in [5.74, 6) is -0.115. The number of benzene rings is 1. The van der Waals surface area contributed by atoms with Gasteiger partial charge >= 0.3 is 0 Å². The topological polar surface area (TPSA) is 42.0 Å². The Morgan fingerprint density at radius 3 is 2.88 bits per heavy atom. The van der Waals surface area contributed by atoms with Gasteiger partial charge < -0.3 is 5.32 Å². The van der Waals surface area contributed by atoms with E-state index in [4.69, 9.17) is 11.6 Å². The molecule has 1 aromatic heterocycles. The van der Waals surface area contributed by atoms with Gasteiger partial charge in [-0.1, -0.05) is 29.8 Å². The smallest absolute Gasteiger partial charge is 0.254 e. The first-order valence-corrected chi connectivity index (χ1v) is 6.32. The number of carbonyl (C=O) groups is 1. The van der Waals surface area contributed by atoms with Crippen molar-refractivity contribution < 1.29 is 4.79 Å². The van der Waals surface area contributed by atoms with Crippen molar-refractivity contribution in [2.24, 2.45) is 0 Å². The lowest BCUT2D eigenvalue weighted by atomic mass is 10.2. The van der Waals surface area contributed by atoms with Crippen LogP contribution in [0.4, 0.5) is 0 Å². The Balaban J connectivity index is 2.02. The summed E-state index contributed by atoms with van der Waals surface area (Å²) >= 11 is 7.28. The molecular formula is C12H11ClN2OS. The minimum absolute atomic E-state index is 0.115. The van der Waals surface area contributed by atoms with Crippen molar-refractivity contribution in [2.45, 2.75) is 13.5 Å². The first-order valence-electron chi connectivity index (χ1n) is 5.11. The molecule has 0 atom stereocenters. The van der Waals surface area contributed by atoms with E-state index in [1.54, 1.807) is 11.4 Å². The second kappa shape index (κ2) is 5.29. The summed E-state index contributed by atoms with van der Waals surface area (Å²) < 4.78 is 4.07. The van der Waals surface area contributed by atoms with Gasteiger partial charge in [-0.05, 0) is 30.1 Å². The largest absolute Gasteiger partial charge is 0.348 e. The van der Waals surface area contributed by atoms with Gasteiger partial charge in [-0.3, -0.25) is 4.79 Å². The maximum absolute atomic E-state index is 11.8. The second-order valence-corrected chi connectivity index (χ2v) is 4.62. The number of hydrogen-bond donors (Lipinski definition) is 1. The molecule has 0 aliphatic carbocycles. The van der Waals surface area contributed by atoms with Gasteiger partial charge in [0.05, 0.1) is 11.3 Å². The van der Waals surface area contributed by atoms with Gasteiger partial charge in [0.15, 0.2) is 0 Å². The molecule has 0 radical (unpaired) electrons. The van der Waals surface area contributed by atoms with E-state index in [-0.39, 0.29) is 5.91 Å². The first kappa shape index (κ1) is 12.1. The Kier molecular flexibility index (Phi) is 3.76. The number of nitrogens with one attached hydrogen (secondary N) is 1. The lowest BCUT2D eigenvalue weighted by Gasteiger charge is -2.06. The predicted octanol–water partition coefficient (Wildman–Crippen LogP) is 3.03. The van der Waals surface area contributed by atoms with E-state index in [1.165, 1.54) is 11.5 Å². The molecule has 3 nitrogen and oxygen atoms in total. The van der Waals surface area contributed by atoms with Crippen LogP contribution in [-0.4, -0.2) is 10.3 Å². The van der Waals surface area contributed by atoms with E-state index >= 15 is 0 Å². The van der Waals surface area contributed by atoms with Crippen molar-refractivity contribution in [2.75, 3.05) is 0 Å². The highest BCUT2D eigenvalue weighted by atomic mass is 35.5. The zero-order valence-corrected chi connectivity index (χ0v) is 10.8. The summed E-state index contributed by atoms with van der Waals surface area (Å²) in [6.07, 6.45) is 0. The zero-order chi connectivity index (χ0) is 12.3. The SMILES string of the molecule is Cc1nscc1C(=O)NCc1ccccc1Cl. The number of carbonyl (C=O) groups excluding carboxylic acids is 1. The van der Waals surface area contributed by atoms with Gasteiger partial charge in [-0.15, -0.1) is 0 Å². The van der Waals surface area contributed by atoms with E-state index in [2.05, 4.69) is 9.69 Å². The van der Waals surface area contributed by atoms with Crippen LogP contribution >= 0.6 is 23.1 Å². The fourth-order valence-corrected chi connectivity index (χ4v) is 2.32. The zero-order valence-electron chi connectivity index (χ0n) is 9.24. The molecule has 0 saturated carbocycles. The van der Waals surface area contributed by atoms with Gasteiger partial charge in [0.25, 0.3) is 5.91 Å². The van der Waals surface area contributed by atoms with Crippen molar-refractivity contribution in [3.63, 3.8) is 0 Å². The van der Waals surface area contributed by atoms with Crippen molar-refractivity contribution >= 4 is 29.0 Å². The standard InChI is InChI=1S/C12H11ClN2OS/c1-8-10(7-17-15-8)12(16)14-6-9-4-2-3-5-11(9)13/h2-5,7H,6H2,1H3,(H,14,16). The van der Waals surface area contributed by atoms with Crippen LogP contribution in [0.1, 0.15) is 21.6 Å². The Hall–Kier alpha value is -1.39. The third-order valence-corrected chi connectivity index (χ3v) is 3.48. The predicted molar refractivity (Wildman–Crippen MR) is 69.5 cm³/mol. The van der Waals surface area contributed by atoms with Crippen LogP contribution in [0, 0.1) is 6.92 Å². The normalized spacial score (nSPS) is 10.2. The van der Waals surface area contributed by atoms with E-state index in [0.717, 1.165) is 11.3 Å². The number of hydrogen-bond acceptors (Lipinski definition) is 3. The molecule has 0 aliphatic heterocycles. The summed E-state index contributed by atoms with van der Waals surface area (Å²) in [7, 11) is 0.